The molecule has 0 saturated heterocycles. The molecule has 22 heavy (non-hydrogen) atoms. The number of rotatable bonds is 3. The van der Waals surface area contributed by atoms with Crippen molar-refractivity contribution < 1.29 is 4.79 Å². The monoisotopic (exact) mass is 312 g/mol. The molecule has 3 rings (SSSR count). The highest BCUT2D eigenvalue weighted by Gasteiger charge is 2.18. The third-order valence-corrected chi connectivity index (χ3v) is 4.54. The Morgan fingerprint density at radius 3 is 2.45 bits per heavy atom. The highest BCUT2D eigenvalue weighted by molar-refractivity contribution is 7.17. The quantitative estimate of drug-likeness (QED) is 0.712. The summed E-state index contributed by atoms with van der Waals surface area (Å²) in [5, 5.41) is 5.10. The number of hydrogen-bond donors (Lipinski definition) is 1. The summed E-state index contributed by atoms with van der Waals surface area (Å²) in [5.41, 5.74) is 5.00. The van der Waals surface area contributed by atoms with Crippen LogP contribution in [-0.2, 0) is 0 Å². The van der Waals surface area contributed by atoms with Crippen LogP contribution in [0.3, 0.4) is 0 Å². The average molecular weight is 312 g/mol. The number of fused-ring (bicyclic) bond motifs is 1. The van der Waals surface area contributed by atoms with Gasteiger partial charge < -0.3 is 9.88 Å². The Bertz CT molecular complexity index is 822. The highest BCUT2D eigenvalue weighted by atomic mass is 32.1. The number of hydrogen-bond acceptors (Lipinski definition) is 2. The molecule has 2 aromatic heterocycles. The topological polar surface area (TPSA) is 34.0 Å². The van der Waals surface area contributed by atoms with Crippen molar-refractivity contribution in [3.8, 4) is 0 Å². The molecule has 1 aromatic carbocycles. The van der Waals surface area contributed by atoms with Crippen molar-refractivity contribution in [2.45, 2.75) is 33.7 Å². The van der Waals surface area contributed by atoms with Gasteiger partial charge in [0.2, 0.25) is 0 Å². The number of benzene rings is 1. The summed E-state index contributed by atoms with van der Waals surface area (Å²) in [4.78, 5) is 12.7. The van der Waals surface area contributed by atoms with E-state index in [9.17, 15) is 4.79 Å². The lowest BCUT2D eigenvalue weighted by atomic mass is 10.1. The fourth-order valence-electron chi connectivity index (χ4n) is 2.92. The lowest BCUT2D eigenvalue weighted by molar-refractivity contribution is 0.101. The third-order valence-electron chi connectivity index (χ3n) is 3.69. The van der Waals surface area contributed by atoms with Gasteiger partial charge in [-0.15, -0.1) is 11.3 Å². The van der Waals surface area contributed by atoms with Crippen molar-refractivity contribution in [2.75, 3.05) is 5.32 Å². The fourth-order valence-corrected chi connectivity index (χ4v) is 3.73. The minimum atomic E-state index is -0.0536. The van der Waals surface area contributed by atoms with Crippen molar-refractivity contribution in [3.63, 3.8) is 0 Å². The summed E-state index contributed by atoms with van der Waals surface area (Å²) < 4.78 is 3.25. The molecule has 0 saturated carbocycles. The molecule has 1 amide bonds. The zero-order valence-electron chi connectivity index (χ0n) is 13.3. The van der Waals surface area contributed by atoms with Crippen molar-refractivity contribution in [3.05, 3.63) is 52.5 Å². The first-order valence-electron chi connectivity index (χ1n) is 7.44. The molecule has 0 bridgehead atoms. The van der Waals surface area contributed by atoms with E-state index in [1.807, 2.05) is 32.0 Å². The number of amides is 1. The van der Waals surface area contributed by atoms with Gasteiger partial charge in [0, 0.05) is 11.7 Å². The molecule has 3 aromatic rings. The average Bonchev–Trinajstić information content (AvgIpc) is 2.95. The minimum absolute atomic E-state index is 0.0536. The Kier molecular flexibility index (Phi) is 3.79. The molecule has 3 nitrogen and oxygen atoms in total. The maximum Gasteiger partial charge on any atom is 0.272 e. The number of nitrogens with zero attached hydrogens (tertiary/aromatic N) is 1. The Balaban J connectivity index is 1.98. The molecule has 1 N–H and O–H groups in total. The summed E-state index contributed by atoms with van der Waals surface area (Å²) in [7, 11) is 0. The first kappa shape index (κ1) is 14.9. The molecule has 0 aliphatic heterocycles. The number of aryl methyl sites for hydroxylation is 2. The van der Waals surface area contributed by atoms with Gasteiger partial charge in [0.05, 0.1) is 10.2 Å². The predicted octanol–water partition coefficient (Wildman–Crippen LogP) is 5.15. The van der Waals surface area contributed by atoms with E-state index in [0.717, 1.165) is 32.7 Å². The number of thiophene rings is 1. The van der Waals surface area contributed by atoms with E-state index in [2.05, 4.69) is 41.2 Å². The number of aromatic nitrogens is 1. The van der Waals surface area contributed by atoms with Crippen LogP contribution in [0.25, 0.3) is 10.2 Å². The first-order chi connectivity index (χ1) is 10.5. The zero-order valence-corrected chi connectivity index (χ0v) is 14.1. The standard InChI is InChI=1S/C18H20N2OS/c1-11(2)20-15-5-6-22-17(15)10-16(20)18(21)19-14-8-12(3)7-13(4)9-14/h5-11H,1-4H3,(H,19,21). The van der Waals surface area contributed by atoms with Gasteiger partial charge in [0.15, 0.2) is 0 Å². The van der Waals surface area contributed by atoms with E-state index in [0.29, 0.717) is 0 Å². The lowest BCUT2D eigenvalue weighted by Crippen LogP contribution is -2.18. The molecular weight excluding hydrogens is 292 g/mol. The molecule has 4 heteroatoms. The Morgan fingerprint density at radius 2 is 1.82 bits per heavy atom. The van der Waals surface area contributed by atoms with E-state index < -0.39 is 0 Å². The van der Waals surface area contributed by atoms with Gasteiger partial charge in [0.25, 0.3) is 5.91 Å². The van der Waals surface area contributed by atoms with Gasteiger partial charge >= 0.3 is 0 Å². The lowest BCUT2D eigenvalue weighted by Gasteiger charge is -2.14. The third kappa shape index (κ3) is 2.66. The molecule has 114 valence electrons. The molecule has 0 unspecified atom stereocenters. The first-order valence-corrected chi connectivity index (χ1v) is 8.32. The van der Waals surface area contributed by atoms with Gasteiger partial charge in [-0.1, -0.05) is 6.07 Å². The van der Waals surface area contributed by atoms with E-state index >= 15 is 0 Å². The maximum absolute atomic E-state index is 12.7. The molecule has 0 aliphatic carbocycles. The normalized spacial score (nSPS) is 11.3. The van der Waals surface area contributed by atoms with Gasteiger partial charge in [0.1, 0.15) is 5.69 Å². The van der Waals surface area contributed by atoms with Crippen molar-refractivity contribution in [2.24, 2.45) is 0 Å². The van der Waals surface area contributed by atoms with Gasteiger partial charge in [-0.25, -0.2) is 0 Å². The number of anilines is 1. The van der Waals surface area contributed by atoms with Crippen LogP contribution < -0.4 is 5.32 Å². The predicted molar refractivity (Wildman–Crippen MR) is 94.1 cm³/mol. The second kappa shape index (κ2) is 5.61. The van der Waals surface area contributed by atoms with Crippen LogP contribution in [0, 0.1) is 13.8 Å². The van der Waals surface area contributed by atoms with E-state index in [1.54, 1.807) is 11.3 Å². The molecular formula is C18H20N2OS. The van der Waals surface area contributed by atoms with Gasteiger partial charge in [-0.3, -0.25) is 4.79 Å². The van der Waals surface area contributed by atoms with Crippen molar-refractivity contribution in [1.29, 1.82) is 0 Å². The van der Waals surface area contributed by atoms with E-state index in [4.69, 9.17) is 0 Å². The van der Waals surface area contributed by atoms with Crippen LogP contribution in [0.2, 0.25) is 0 Å². The van der Waals surface area contributed by atoms with Gasteiger partial charge in [-0.05, 0) is 68.5 Å². The SMILES string of the molecule is Cc1cc(C)cc(NC(=O)c2cc3sccc3n2C(C)C)c1. The molecule has 0 aliphatic rings. The Labute approximate surface area is 134 Å². The van der Waals surface area contributed by atoms with Crippen LogP contribution >= 0.6 is 11.3 Å². The fraction of sp³-hybridized carbons (Fsp3) is 0.278. The van der Waals surface area contributed by atoms with Crippen LogP contribution in [0.5, 0.6) is 0 Å². The summed E-state index contributed by atoms with van der Waals surface area (Å²) in [6.07, 6.45) is 0. The summed E-state index contributed by atoms with van der Waals surface area (Å²) in [6.45, 7) is 8.28. The van der Waals surface area contributed by atoms with Crippen LogP contribution in [0.15, 0.2) is 35.7 Å². The smallest absolute Gasteiger partial charge is 0.272 e. The maximum atomic E-state index is 12.7. The van der Waals surface area contributed by atoms with Crippen molar-refractivity contribution >= 4 is 33.1 Å². The van der Waals surface area contributed by atoms with Gasteiger partial charge in [-0.2, -0.15) is 0 Å². The van der Waals surface area contributed by atoms with Crippen LogP contribution in [-0.4, -0.2) is 10.5 Å². The molecule has 0 atom stereocenters. The second-order valence-electron chi connectivity index (χ2n) is 5.99. The summed E-state index contributed by atoms with van der Waals surface area (Å²) in [6, 6.07) is 10.4. The number of carbonyl (C=O) groups excluding carboxylic acids is 1. The molecule has 0 fully saturated rings. The van der Waals surface area contributed by atoms with E-state index in [1.165, 1.54) is 0 Å². The number of nitrogens with one attached hydrogen (secondary N) is 1. The van der Waals surface area contributed by atoms with E-state index in [-0.39, 0.29) is 11.9 Å². The number of carbonyl (C=O) groups is 1. The molecule has 0 spiro atoms. The highest BCUT2D eigenvalue weighted by Crippen LogP contribution is 2.29. The zero-order chi connectivity index (χ0) is 15.9. The largest absolute Gasteiger partial charge is 0.333 e. The van der Waals surface area contributed by atoms with Crippen LogP contribution in [0.4, 0.5) is 5.69 Å². The molecule has 2 heterocycles. The Hall–Kier alpha value is -2.07. The van der Waals surface area contributed by atoms with Crippen LogP contribution in [0.1, 0.15) is 41.5 Å². The van der Waals surface area contributed by atoms with Crippen molar-refractivity contribution in [1.82, 2.24) is 4.57 Å². The Morgan fingerprint density at radius 1 is 1.14 bits per heavy atom. The summed E-state index contributed by atoms with van der Waals surface area (Å²) >= 11 is 1.67. The second-order valence-corrected chi connectivity index (χ2v) is 6.94. The minimum Gasteiger partial charge on any atom is -0.333 e. The summed E-state index contributed by atoms with van der Waals surface area (Å²) in [5.74, 6) is -0.0536. The molecule has 0 radical (unpaired) electrons.